The Morgan fingerprint density at radius 3 is 2.79 bits per heavy atom. The van der Waals surface area contributed by atoms with Crippen LogP contribution in [0.5, 0.6) is 5.75 Å². The van der Waals surface area contributed by atoms with Crippen LogP contribution in [0.2, 0.25) is 0 Å². The number of fused-ring (bicyclic) bond motifs is 2. The van der Waals surface area contributed by atoms with E-state index >= 15 is 0 Å². The lowest BCUT2D eigenvalue weighted by Crippen LogP contribution is -2.64. The lowest BCUT2D eigenvalue weighted by atomic mass is 9.94. The van der Waals surface area contributed by atoms with Crippen molar-refractivity contribution in [2.45, 2.75) is 37.9 Å². The monoisotopic (exact) mass is 541 g/mol. The van der Waals surface area contributed by atoms with E-state index in [2.05, 4.69) is 21.2 Å². The van der Waals surface area contributed by atoms with E-state index in [1.54, 1.807) is 44.9 Å². The fourth-order valence-electron chi connectivity index (χ4n) is 5.64. The number of amides is 2. The maximum absolute atomic E-state index is 13.9. The average molecular weight is 542 g/mol. The molecule has 0 aliphatic carbocycles. The Hall–Kier alpha value is -3.97. The third kappa shape index (κ3) is 4.83. The Balaban J connectivity index is 1.21. The van der Waals surface area contributed by atoms with Gasteiger partial charge in [0.25, 0.3) is 5.91 Å². The summed E-state index contributed by atoms with van der Waals surface area (Å²) in [5.41, 5.74) is 7.77. The Morgan fingerprint density at radius 2 is 1.95 bits per heavy atom. The number of carbonyl (C=O) groups is 2. The van der Waals surface area contributed by atoms with Crippen LogP contribution in [0.3, 0.4) is 0 Å². The molecule has 1 saturated heterocycles. The minimum Gasteiger partial charge on any atom is -0.492 e. The first-order chi connectivity index (χ1) is 18.8. The quantitative estimate of drug-likeness (QED) is 0.510. The molecular formula is C26H26F3N7O3. The number of halogens is 3. The topological polar surface area (TPSA) is 105 Å². The zero-order valence-electron chi connectivity index (χ0n) is 20.8. The molecule has 0 radical (unpaired) electrons. The molecule has 2 amide bonds. The van der Waals surface area contributed by atoms with Gasteiger partial charge in [0.15, 0.2) is 5.92 Å². The summed E-state index contributed by atoms with van der Waals surface area (Å²) in [4.78, 5) is 28.8. The van der Waals surface area contributed by atoms with E-state index in [9.17, 15) is 22.8 Å². The molecule has 2 aromatic carbocycles. The van der Waals surface area contributed by atoms with Crippen molar-refractivity contribution in [1.82, 2.24) is 35.6 Å². The number of carbonyl (C=O) groups excluding carboxylic acids is 2. The van der Waals surface area contributed by atoms with Crippen molar-refractivity contribution in [2.75, 3.05) is 19.7 Å². The summed E-state index contributed by atoms with van der Waals surface area (Å²) in [5, 5.41) is 7.88. The number of hydrazine groups is 1. The summed E-state index contributed by atoms with van der Waals surface area (Å²) in [6.07, 6.45) is -3.06. The summed E-state index contributed by atoms with van der Waals surface area (Å²) in [6.45, 7) is 1.70. The first-order valence-electron chi connectivity index (χ1n) is 12.6. The third-order valence-corrected chi connectivity index (χ3v) is 7.54. The Bertz CT molecular complexity index is 1390. The molecule has 0 saturated carbocycles. The number of hydrogen-bond donors (Lipinski definition) is 2. The summed E-state index contributed by atoms with van der Waals surface area (Å²) >= 11 is 0. The molecule has 3 aliphatic rings. The van der Waals surface area contributed by atoms with Crippen LogP contribution in [0.15, 0.2) is 54.7 Å². The summed E-state index contributed by atoms with van der Waals surface area (Å²) in [5.74, 6) is -3.00. The van der Waals surface area contributed by atoms with E-state index in [1.165, 1.54) is 0 Å². The van der Waals surface area contributed by atoms with Crippen molar-refractivity contribution >= 4 is 11.8 Å². The third-order valence-electron chi connectivity index (χ3n) is 7.54. The second-order valence-electron chi connectivity index (χ2n) is 9.86. The molecule has 3 aromatic rings. The molecule has 1 fully saturated rings. The zero-order valence-corrected chi connectivity index (χ0v) is 20.8. The van der Waals surface area contributed by atoms with Gasteiger partial charge in [-0.3, -0.25) is 19.9 Å². The van der Waals surface area contributed by atoms with Crippen molar-refractivity contribution in [3.8, 4) is 5.75 Å². The highest BCUT2D eigenvalue weighted by Gasteiger charge is 2.55. The fourth-order valence-corrected chi connectivity index (χ4v) is 5.64. The molecule has 13 heteroatoms. The van der Waals surface area contributed by atoms with Crippen LogP contribution in [0.25, 0.3) is 0 Å². The normalized spacial score (nSPS) is 23.2. The molecule has 0 spiro atoms. The molecule has 10 nitrogen and oxygen atoms in total. The van der Waals surface area contributed by atoms with Gasteiger partial charge in [0.2, 0.25) is 5.91 Å². The number of benzene rings is 2. The van der Waals surface area contributed by atoms with Crippen LogP contribution in [0.4, 0.5) is 13.2 Å². The number of nitrogens with one attached hydrogen (secondary N) is 2. The number of ether oxygens (including phenoxy) is 1. The van der Waals surface area contributed by atoms with Gasteiger partial charge in [-0.05, 0) is 29.3 Å². The average Bonchev–Trinajstić information content (AvgIpc) is 3.55. The predicted octanol–water partition coefficient (Wildman–Crippen LogP) is 2.05. The molecule has 6 rings (SSSR count). The molecule has 39 heavy (non-hydrogen) atoms. The van der Waals surface area contributed by atoms with Crippen LogP contribution in [0.1, 0.15) is 33.2 Å². The highest BCUT2D eigenvalue weighted by Crippen LogP contribution is 2.41. The maximum atomic E-state index is 13.9. The molecule has 3 atom stereocenters. The first-order valence-corrected chi connectivity index (χ1v) is 12.6. The zero-order chi connectivity index (χ0) is 27.1. The largest absolute Gasteiger partial charge is 0.492 e. The van der Waals surface area contributed by atoms with Crippen molar-refractivity contribution < 1.29 is 27.5 Å². The van der Waals surface area contributed by atoms with Crippen molar-refractivity contribution in [1.29, 1.82) is 0 Å². The lowest BCUT2D eigenvalue weighted by Gasteiger charge is -2.40. The van der Waals surface area contributed by atoms with Gasteiger partial charge >= 0.3 is 6.18 Å². The summed E-state index contributed by atoms with van der Waals surface area (Å²) < 4.78 is 49.7. The molecule has 3 aliphatic heterocycles. The van der Waals surface area contributed by atoms with Crippen LogP contribution in [-0.2, 0) is 24.4 Å². The number of hydrogen-bond acceptors (Lipinski definition) is 7. The summed E-state index contributed by atoms with van der Waals surface area (Å²) in [6, 6.07) is 12.6. The first kappa shape index (κ1) is 25.3. The van der Waals surface area contributed by atoms with E-state index in [0.29, 0.717) is 30.9 Å². The van der Waals surface area contributed by atoms with Crippen LogP contribution >= 0.6 is 0 Å². The van der Waals surface area contributed by atoms with Gasteiger partial charge in [0, 0.05) is 31.2 Å². The lowest BCUT2D eigenvalue weighted by molar-refractivity contribution is -0.202. The van der Waals surface area contributed by atoms with Crippen molar-refractivity contribution in [2.24, 2.45) is 5.92 Å². The Labute approximate surface area is 221 Å². The molecule has 2 N–H and O–H groups in total. The number of aromatic nitrogens is 3. The second-order valence-corrected chi connectivity index (χ2v) is 9.86. The SMILES string of the molecule is O=C1NNCC(N2Cc3ccccc3C2COc2cccc(C(=O)N3CCn4nncc4C3)c2)C1C(F)(F)F. The minimum absolute atomic E-state index is 0.0475. The Morgan fingerprint density at radius 1 is 1.10 bits per heavy atom. The van der Waals surface area contributed by atoms with E-state index < -0.39 is 30.1 Å². The van der Waals surface area contributed by atoms with Gasteiger partial charge in [-0.25, -0.2) is 10.1 Å². The molecule has 0 bridgehead atoms. The number of rotatable bonds is 5. The van der Waals surface area contributed by atoms with Gasteiger partial charge in [-0.15, -0.1) is 5.10 Å². The standard InChI is InChI=1S/C26H26F3N7O3/c27-26(28,29)23-21(12-30-32-24(23)37)35-13-17-4-1-2-7-20(17)22(35)15-39-19-6-3-5-16(10-19)25(38)34-8-9-36-18(14-34)11-31-33-36/h1-7,10-11,21-23,30H,8-9,12-15H2,(H,32,37). The second kappa shape index (κ2) is 9.97. The van der Waals surface area contributed by atoms with Crippen LogP contribution in [-0.4, -0.2) is 68.5 Å². The highest BCUT2D eigenvalue weighted by molar-refractivity contribution is 5.94. The van der Waals surface area contributed by atoms with Gasteiger partial charge in [0.1, 0.15) is 12.4 Å². The van der Waals surface area contributed by atoms with Crippen LogP contribution in [0, 0.1) is 5.92 Å². The highest BCUT2D eigenvalue weighted by atomic mass is 19.4. The van der Waals surface area contributed by atoms with E-state index in [0.717, 1.165) is 16.8 Å². The van der Waals surface area contributed by atoms with Gasteiger partial charge in [-0.2, -0.15) is 13.2 Å². The van der Waals surface area contributed by atoms with Crippen LogP contribution < -0.4 is 15.6 Å². The Kier molecular flexibility index (Phi) is 6.47. The van der Waals surface area contributed by atoms with Crippen molar-refractivity contribution in [3.05, 3.63) is 77.1 Å². The molecule has 204 valence electrons. The van der Waals surface area contributed by atoms with Crippen molar-refractivity contribution in [3.63, 3.8) is 0 Å². The molecule has 4 heterocycles. The van der Waals surface area contributed by atoms with E-state index in [1.807, 2.05) is 24.3 Å². The summed E-state index contributed by atoms with van der Waals surface area (Å²) in [7, 11) is 0. The minimum atomic E-state index is -4.70. The number of nitrogens with zero attached hydrogens (tertiary/aromatic N) is 5. The molecular weight excluding hydrogens is 515 g/mol. The predicted molar refractivity (Wildman–Crippen MR) is 131 cm³/mol. The van der Waals surface area contributed by atoms with Gasteiger partial charge in [0.05, 0.1) is 31.0 Å². The molecule has 3 unspecified atom stereocenters. The van der Waals surface area contributed by atoms with E-state index in [4.69, 9.17) is 4.74 Å². The van der Waals surface area contributed by atoms with Gasteiger partial charge in [-0.1, -0.05) is 35.5 Å². The maximum Gasteiger partial charge on any atom is 0.402 e. The molecule has 1 aromatic heterocycles. The number of alkyl halides is 3. The van der Waals surface area contributed by atoms with Gasteiger partial charge < -0.3 is 9.64 Å². The van der Waals surface area contributed by atoms with E-state index in [-0.39, 0.29) is 25.6 Å². The smallest absolute Gasteiger partial charge is 0.402 e. The fraction of sp³-hybridized carbons (Fsp3) is 0.385.